The van der Waals surface area contributed by atoms with E-state index in [-0.39, 0.29) is 0 Å². The van der Waals surface area contributed by atoms with Crippen molar-refractivity contribution in [1.82, 2.24) is 4.98 Å². The molecule has 28 heavy (non-hydrogen) atoms. The maximum absolute atomic E-state index is 12.6. The van der Waals surface area contributed by atoms with Crippen molar-refractivity contribution < 1.29 is 18.8 Å². The number of rotatable bonds is 7. The first-order valence-electron chi connectivity index (χ1n) is 7.96. The molecule has 0 bridgehead atoms. The fourth-order valence-electron chi connectivity index (χ4n) is 2.39. The Kier molecular flexibility index (Phi) is 6.51. The van der Waals surface area contributed by atoms with E-state index >= 15 is 0 Å². The molecule has 1 atom stereocenters. The number of benzene rings is 2. The third-order valence-corrected chi connectivity index (χ3v) is 5.20. The minimum atomic E-state index is -1.58. The van der Waals surface area contributed by atoms with E-state index in [0.29, 0.717) is 31.9 Å². The molecule has 0 saturated heterocycles. The van der Waals surface area contributed by atoms with Gasteiger partial charge in [0.1, 0.15) is 5.75 Å². The van der Waals surface area contributed by atoms with Crippen molar-refractivity contribution in [2.75, 3.05) is 11.3 Å². The predicted octanol–water partition coefficient (Wildman–Crippen LogP) is 4.65. The highest BCUT2D eigenvalue weighted by Gasteiger charge is 2.15. The molecule has 1 aromatic heterocycles. The van der Waals surface area contributed by atoms with E-state index in [1.165, 1.54) is 6.20 Å². The van der Waals surface area contributed by atoms with Crippen molar-refractivity contribution in [1.29, 1.82) is 0 Å². The largest absolute Gasteiger partial charge is 0.482 e. The average molecular weight is 437 g/mol. The minimum absolute atomic E-state index is 0.311. The van der Waals surface area contributed by atoms with Crippen LogP contribution in [0.2, 0.25) is 10.0 Å². The first kappa shape index (κ1) is 20.1. The number of ether oxygens (including phenoxy) is 1. The van der Waals surface area contributed by atoms with Gasteiger partial charge in [0.15, 0.2) is 17.6 Å². The molecule has 0 spiro atoms. The molecule has 3 rings (SSSR count). The van der Waals surface area contributed by atoms with E-state index in [2.05, 4.69) is 9.71 Å². The normalized spacial score (nSPS) is 11.6. The molecule has 9 heteroatoms. The molecule has 2 N–H and O–H groups in total. The van der Waals surface area contributed by atoms with Crippen LogP contribution < -0.4 is 9.46 Å². The van der Waals surface area contributed by atoms with E-state index in [4.69, 9.17) is 33.0 Å². The van der Waals surface area contributed by atoms with Crippen molar-refractivity contribution in [2.24, 2.45) is 0 Å². The summed E-state index contributed by atoms with van der Waals surface area (Å²) >= 11 is 12.5. The molecular weight excluding hydrogens is 423 g/mol. The number of aromatic nitrogens is 1. The quantitative estimate of drug-likeness (QED) is 0.562. The summed E-state index contributed by atoms with van der Waals surface area (Å²) < 4.78 is 20.7. The van der Waals surface area contributed by atoms with Gasteiger partial charge in [-0.2, -0.15) is 0 Å². The highest BCUT2D eigenvalue weighted by Crippen LogP contribution is 2.38. The third-order valence-electron chi connectivity index (χ3n) is 3.63. The summed E-state index contributed by atoms with van der Waals surface area (Å²) in [6.45, 7) is -0.431. The number of nitrogens with zero attached hydrogens (tertiary/aromatic N) is 1. The van der Waals surface area contributed by atoms with Crippen LogP contribution in [-0.2, 0) is 15.8 Å². The van der Waals surface area contributed by atoms with Crippen molar-refractivity contribution in [3.05, 3.63) is 71.0 Å². The SMILES string of the molecule is O=C(O)COc1ccc(-c2cc(Cl)cc(Cl)c2NS(=O)c2cccnc2)cc1. The fourth-order valence-corrected chi connectivity index (χ4v) is 3.87. The minimum Gasteiger partial charge on any atom is -0.482 e. The van der Waals surface area contributed by atoms with Gasteiger partial charge in [-0.1, -0.05) is 35.3 Å². The van der Waals surface area contributed by atoms with Gasteiger partial charge < -0.3 is 9.84 Å². The lowest BCUT2D eigenvalue weighted by Gasteiger charge is -2.15. The lowest BCUT2D eigenvalue weighted by molar-refractivity contribution is -0.139. The smallest absolute Gasteiger partial charge is 0.341 e. The molecule has 0 amide bonds. The summed E-state index contributed by atoms with van der Waals surface area (Å²) in [7, 11) is -1.58. The molecule has 1 heterocycles. The van der Waals surface area contributed by atoms with Crippen LogP contribution in [-0.4, -0.2) is 26.9 Å². The first-order chi connectivity index (χ1) is 13.4. The molecule has 6 nitrogen and oxygen atoms in total. The molecule has 0 aliphatic rings. The van der Waals surface area contributed by atoms with Gasteiger partial charge >= 0.3 is 5.97 Å². The van der Waals surface area contributed by atoms with Gasteiger partial charge in [-0.15, -0.1) is 0 Å². The second-order valence-corrected chi connectivity index (χ2v) is 7.63. The van der Waals surface area contributed by atoms with Gasteiger partial charge in [-0.25, -0.2) is 9.00 Å². The highest BCUT2D eigenvalue weighted by atomic mass is 35.5. The Hall–Kier alpha value is -2.61. The number of hydrogen-bond acceptors (Lipinski definition) is 4. The van der Waals surface area contributed by atoms with E-state index in [0.717, 1.165) is 5.56 Å². The van der Waals surface area contributed by atoms with Crippen LogP contribution in [0.15, 0.2) is 65.8 Å². The van der Waals surface area contributed by atoms with Gasteiger partial charge in [0, 0.05) is 23.0 Å². The zero-order valence-electron chi connectivity index (χ0n) is 14.3. The number of carboxylic acid groups (broad SMARTS) is 1. The van der Waals surface area contributed by atoms with E-state index in [1.54, 1.807) is 54.7 Å². The summed E-state index contributed by atoms with van der Waals surface area (Å²) in [6.07, 6.45) is 3.09. The predicted molar refractivity (Wildman–Crippen MR) is 109 cm³/mol. The van der Waals surface area contributed by atoms with Gasteiger partial charge in [0.05, 0.1) is 15.6 Å². The molecule has 144 valence electrons. The molecular formula is C19H14Cl2N2O4S. The second kappa shape index (κ2) is 9.05. The zero-order valence-corrected chi connectivity index (χ0v) is 16.6. The molecule has 0 aliphatic heterocycles. The summed E-state index contributed by atoms with van der Waals surface area (Å²) in [4.78, 5) is 15.1. The van der Waals surface area contributed by atoms with E-state index in [9.17, 15) is 9.00 Å². The number of nitrogens with one attached hydrogen (secondary N) is 1. The van der Waals surface area contributed by atoms with E-state index in [1.807, 2.05) is 0 Å². The third kappa shape index (κ3) is 5.01. The highest BCUT2D eigenvalue weighted by molar-refractivity contribution is 7.86. The van der Waals surface area contributed by atoms with Gasteiger partial charge in [-0.3, -0.25) is 9.71 Å². The molecule has 3 aromatic rings. The van der Waals surface area contributed by atoms with Crippen LogP contribution in [0.4, 0.5) is 5.69 Å². The maximum atomic E-state index is 12.6. The molecule has 0 fully saturated rings. The lowest BCUT2D eigenvalue weighted by Crippen LogP contribution is -2.09. The van der Waals surface area contributed by atoms with Crippen LogP contribution in [0.1, 0.15) is 0 Å². The maximum Gasteiger partial charge on any atom is 0.341 e. The second-order valence-electron chi connectivity index (χ2n) is 5.58. The average Bonchev–Trinajstić information content (AvgIpc) is 2.69. The number of aliphatic carboxylic acids is 1. The van der Waals surface area contributed by atoms with Gasteiger partial charge in [0.2, 0.25) is 0 Å². The number of anilines is 1. The molecule has 1 unspecified atom stereocenters. The van der Waals surface area contributed by atoms with Crippen molar-refractivity contribution in [2.45, 2.75) is 4.90 Å². The standard InChI is InChI=1S/C19H14Cl2N2O4S/c20-13-8-16(12-3-5-14(6-4-12)27-11-18(24)25)19(17(21)9-13)23-28(26)15-2-1-7-22-10-15/h1-10,23H,11H2,(H,24,25). The Morgan fingerprint density at radius 3 is 2.57 bits per heavy atom. The first-order valence-corrected chi connectivity index (χ1v) is 9.87. The van der Waals surface area contributed by atoms with Crippen molar-refractivity contribution in [3.63, 3.8) is 0 Å². The molecule has 0 radical (unpaired) electrons. The Bertz CT molecular complexity index is 1010. The Balaban J connectivity index is 1.92. The van der Waals surface area contributed by atoms with Crippen molar-refractivity contribution >= 4 is 45.8 Å². The molecule has 2 aromatic carbocycles. The fraction of sp³-hybridized carbons (Fsp3) is 0.0526. The Morgan fingerprint density at radius 1 is 1.18 bits per heavy atom. The number of carboxylic acids is 1. The molecule has 0 saturated carbocycles. The summed E-state index contributed by atoms with van der Waals surface area (Å²) in [6, 6.07) is 13.4. The van der Waals surface area contributed by atoms with Crippen molar-refractivity contribution in [3.8, 4) is 16.9 Å². The summed E-state index contributed by atoms with van der Waals surface area (Å²) in [5, 5.41) is 9.42. The summed E-state index contributed by atoms with van der Waals surface area (Å²) in [5.74, 6) is -0.650. The summed E-state index contributed by atoms with van der Waals surface area (Å²) in [5.41, 5.74) is 1.82. The van der Waals surface area contributed by atoms with Crippen LogP contribution in [0.5, 0.6) is 5.75 Å². The Labute approximate surface area is 173 Å². The number of carbonyl (C=O) groups is 1. The van der Waals surface area contributed by atoms with Gasteiger partial charge in [0.25, 0.3) is 0 Å². The van der Waals surface area contributed by atoms with Crippen LogP contribution in [0, 0.1) is 0 Å². The zero-order chi connectivity index (χ0) is 20.1. The monoisotopic (exact) mass is 436 g/mol. The number of pyridine rings is 1. The van der Waals surface area contributed by atoms with Gasteiger partial charge in [-0.05, 0) is 42.0 Å². The Morgan fingerprint density at radius 2 is 1.93 bits per heavy atom. The van der Waals surface area contributed by atoms with Crippen LogP contribution in [0.25, 0.3) is 11.1 Å². The topological polar surface area (TPSA) is 88.5 Å². The number of hydrogen-bond donors (Lipinski definition) is 2. The van der Waals surface area contributed by atoms with Crippen LogP contribution in [0.3, 0.4) is 0 Å². The number of halogens is 2. The molecule has 0 aliphatic carbocycles. The van der Waals surface area contributed by atoms with E-state index < -0.39 is 23.6 Å². The van der Waals surface area contributed by atoms with Crippen LogP contribution >= 0.6 is 23.2 Å². The lowest BCUT2D eigenvalue weighted by atomic mass is 10.0.